The second-order valence-corrected chi connectivity index (χ2v) is 10.9. The van der Waals surface area contributed by atoms with Crippen molar-refractivity contribution in [1.82, 2.24) is 0 Å². The zero-order valence-corrected chi connectivity index (χ0v) is 23.8. The number of rotatable bonds is 16. The van der Waals surface area contributed by atoms with Crippen LogP contribution in [-0.4, -0.2) is 11.1 Å². The van der Waals surface area contributed by atoms with E-state index in [0.717, 1.165) is 40.2 Å². The van der Waals surface area contributed by atoms with Crippen LogP contribution in [0.1, 0.15) is 116 Å². The Hall–Kier alpha value is -2.29. The molecule has 0 unspecified atom stereocenters. The molecule has 0 radical (unpaired) electrons. The fraction of sp³-hybridized carbons (Fsp3) is 0.606. The molecule has 2 atom stereocenters. The molecule has 0 heterocycles. The van der Waals surface area contributed by atoms with Gasteiger partial charge in [0.15, 0.2) is 0 Å². The van der Waals surface area contributed by atoms with Crippen molar-refractivity contribution >= 4 is 16.7 Å². The number of carbonyl (C=O) groups is 1. The number of phenolic OH excluding ortho intramolecular Hbond substituents is 1. The highest BCUT2D eigenvalue weighted by Gasteiger charge is 2.18. The maximum atomic E-state index is 12.1. The van der Waals surface area contributed by atoms with Crippen molar-refractivity contribution in [3.63, 3.8) is 0 Å². The number of carbonyl (C=O) groups excluding carboxylic acids is 1. The Balaban J connectivity index is 1.91. The Kier molecular flexibility index (Phi) is 13.1. The number of hydrogen-bond donors (Lipinski definition) is 1. The van der Waals surface area contributed by atoms with Crippen molar-refractivity contribution in [3.8, 4) is 11.5 Å². The fourth-order valence-electron chi connectivity index (χ4n) is 5.09. The number of fused-ring (bicyclic) bond motifs is 1. The third-order valence-electron chi connectivity index (χ3n) is 7.63. The molecular weight excluding hydrogens is 444 g/mol. The Morgan fingerprint density at radius 1 is 0.944 bits per heavy atom. The van der Waals surface area contributed by atoms with E-state index in [0.29, 0.717) is 24.3 Å². The molecule has 0 spiro atoms. The third kappa shape index (κ3) is 9.30. The summed E-state index contributed by atoms with van der Waals surface area (Å²) in [5, 5.41) is 12.5. The number of unbranched alkanes of at least 4 members (excludes halogenated alkanes) is 2. The van der Waals surface area contributed by atoms with Crippen LogP contribution in [0.4, 0.5) is 0 Å². The monoisotopic (exact) mass is 494 g/mol. The van der Waals surface area contributed by atoms with Crippen LogP contribution in [-0.2, 0) is 11.2 Å². The minimum absolute atomic E-state index is 0.258. The first-order chi connectivity index (χ1) is 17.3. The quantitative estimate of drug-likeness (QED) is 0.109. The van der Waals surface area contributed by atoms with Gasteiger partial charge in [-0.05, 0) is 50.5 Å². The zero-order chi connectivity index (χ0) is 26.5. The summed E-state index contributed by atoms with van der Waals surface area (Å²) in [6.07, 6.45) is 16.3. The van der Waals surface area contributed by atoms with E-state index >= 15 is 0 Å². The molecule has 0 aliphatic heterocycles. The van der Waals surface area contributed by atoms with E-state index < -0.39 is 0 Å². The van der Waals surface area contributed by atoms with Crippen molar-refractivity contribution in [2.75, 3.05) is 0 Å². The van der Waals surface area contributed by atoms with Gasteiger partial charge in [0.2, 0.25) is 0 Å². The first kappa shape index (κ1) is 29.9. The Morgan fingerprint density at radius 2 is 1.56 bits per heavy atom. The van der Waals surface area contributed by atoms with E-state index in [2.05, 4.69) is 33.8 Å². The molecule has 1 N–H and O–H groups in total. The Labute approximate surface area is 220 Å². The van der Waals surface area contributed by atoms with Crippen molar-refractivity contribution in [2.24, 2.45) is 11.8 Å². The summed E-state index contributed by atoms with van der Waals surface area (Å²) in [5.41, 5.74) is 3.04. The maximum Gasteiger partial charge on any atom is 0.310 e. The van der Waals surface area contributed by atoms with Gasteiger partial charge >= 0.3 is 5.97 Å². The van der Waals surface area contributed by atoms with E-state index in [1.807, 2.05) is 31.2 Å². The number of benzene rings is 2. The predicted octanol–water partition coefficient (Wildman–Crippen LogP) is 9.85. The highest BCUT2D eigenvalue weighted by Crippen LogP contribution is 2.40. The molecule has 3 heteroatoms. The standard InChI is InChI=1S/C33H50O3/c1-7-9-10-15-24(3)16-13-17-25(4)18-14-19-26(5)22-23-28-27(6)33(36-31(34)8-2)30-21-12-11-20-29(30)32(28)35/h11-12,20-22,24-25,35H,7-10,13-19,23H2,1-6H3/b26-22+/t24-,25-/m1/s1. The summed E-state index contributed by atoms with van der Waals surface area (Å²) in [6, 6.07) is 7.60. The highest BCUT2D eigenvalue weighted by molar-refractivity contribution is 5.97. The number of allylic oxidation sites excluding steroid dienone is 2. The minimum atomic E-state index is -0.258. The van der Waals surface area contributed by atoms with Gasteiger partial charge in [-0.2, -0.15) is 0 Å². The van der Waals surface area contributed by atoms with E-state index in [1.165, 1.54) is 63.4 Å². The molecule has 0 amide bonds. The topological polar surface area (TPSA) is 46.5 Å². The van der Waals surface area contributed by atoms with Crippen LogP contribution in [0.3, 0.4) is 0 Å². The number of phenols is 1. The average molecular weight is 495 g/mol. The van der Waals surface area contributed by atoms with Gasteiger partial charge in [-0.1, -0.05) is 115 Å². The lowest BCUT2D eigenvalue weighted by molar-refractivity contribution is -0.133. The molecule has 0 fully saturated rings. The fourth-order valence-corrected chi connectivity index (χ4v) is 5.09. The molecule has 2 rings (SSSR count). The largest absolute Gasteiger partial charge is 0.507 e. The van der Waals surface area contributed by atoms with E-state index in [-0.39, 0.29) is 5.97 Å². The molecule has 0 saturated carbocycles. The molecule has 2 aromatic carbocycles. The number of aromatic hydroxyl groups is 1. The summed E-state index contributed by atoms with van der Waals surface area (Å²) in [7, 11) is 0. The van der Waals surface area contributed by atoms with E-state index in [9.17, 15) is 9.90 Å². The number of esters is 1. The van der Waals surface area contributed by atoms with Gasteiger partial charge in [0.05, 0.1) is 0 Å². The summed E-state index contributed by atoms with van der Waals surface area (Å²) >= 11 is 0. The summed E-state index contributed by atoms with van der Waals surface area (Å²) < 4.78 is 5.70. The molecule has 0 bridgehead atoms. The second-order valence-electron chi connectivity index (χ2n) is 10.9. The minimum Gasteiger partial charge on any atom is -0.507 e. The van der Waals surface area contributed by atoms with Crippen LogP contribution in [0.15, 0.2) is 35.9 Å². The van der Waals surface area contributed by atoms with Crippen molar-refractivity contribution in [1.29, 1.82) is 0 Å². The molecule has 0 aromatic heterocycles. The molecule has 2 aromatic rings. The third-order valence-corrected chi connectivity index (χ3v) is 7.63. The molecule has 0 aliphatic rings. The van der Waals surface area contributed by atoms with Crippen molar-refractivity contribution in [3.05, 3.63) is 47.0 Å². The first-order valence-corrected chi connectivity index (χ1v) is 14.4. The molecular formula is C33H50O3. The van der Waals surface area contributed by atoms with Crippen LogP contribution in [0, 0.1) is 18.8 Å². The van der Waals surface area contributed by atoms with Gasteiger partial charge in [0.25, 0.3) is 0 Å². The zero-order valence-electron chi connectivity index (χ0n) is 23.8. The van der Waals surface area contributed by atoms with Gasteiger partial charge in [0.1, 0.15) is 11.5 Å². The lowest BCUT2D eigenvalue weighted by atomic mass is 9.92. The van der Waals surface area contributed by atoms with Gasteiger partial charge in [-0.25, -0.2) is 0 Å². The van der Waals surface area contributed by atoms with Crippen molar-refractivity contribution in [2.45, 2.75) is 119 Å². The lowest BCUT2D eigenvalue weighted by Gasteiger charge is -2.17. The van der Waals surface area contributed by atoms with Crippen LogP contribution < -0.4 is 4.74 Å². The van der Waals surface area contributed by atoms with Gasteiger partial charge in [0, 0.05) is 22.8 Å². The van der Waals surface area contributed by atoms with Gasteiger partial charge in [-0.3, -0.25) is 4.79 Å². The van der Waals surface area contributed by atoms with Crippen LogP contribution in [0.5, 0.6) is 11.5 Å². The average Bonchev–Trinajstić information content (AvgIpc) is 2.86. The van der Waals surface area contributed by atoms with Crippen LogP contribution in [0.2, 0.25) is 0 Å². The summed E-state index contributed by atoms with van der Waals surface area (Å²) in [5.74, 6) is 2.26. The number of hydrogen-bond acceptors (Lipinski definition) is 3. The van der Waals surface area contributed by atoms with Crippen molar-refractivity contribution < 1.29 is 14.6 Å². The van der Waals surface area contributed by atoms with Gasteiger partial charge in [-0.15, -0.1) is 0 Å². The van der Waals surface area contributed by atoms with Gasteiger partial charge < -0.3 is 9.84 Å². The Morgan fingerprint density at radius 3 is 2.19 bits per heavy atom. The smallest absolute Gasteiger partial charge is 0.310 e. The summed E-state index contributed by atoms with van der Waals surface area (Å²) in [6.45, 7) is 13.0. The molecule has 200 valence electrons. The lowest BCUT2D eigenvalue weighted by Crippen LogP contribution is -2.08. The molecule has 0 aliphatic carbocycles. The number of ether oxygens (including phenoxy) is 1. The highest BCUT2D eigenvalue weighted by atomic mass is 16.5. The van der Waals surface area contributed by atoms with E-state index in [1.54, 1.807) is 6.92 Å². The van der Waals surface area contributed by atoms with Crippen LogP contribution in [0.25, 0.3) is 10.8 Å². The predicted molar refractivity (Wildman–Crippen MR) is 154 cm³/mol. The SMILES string of the molecule is CCCCC[C@@H](C)CCC[C@@H](C)CCC/C(C)=C/Cc1c(C)c(OC(=O)CC)c2ccccc2c1O. The summed E-state index contributed by atoms with van der Waals surface area (Å²) in [4.78, 5) is 12.1. The normalized spacial score (nSPS) is 13.7. The van der Waals surface area contributed by atoms with Crippen LogP contribution >= 0.6 is 0 Å². The molecule has 0 saturated heterocycles. The molecule has 36 heavy (non-hydrogen) atoms. The second kappa shape index (κ2) is 15.7. The Bertz CT molecular complexity index is 988. The maximum absolute atomic E-state index is 12.1. The first-order valence-electron chi connectivity index (χ1n) is 14.4. The molecule has 3 nitrogen and oxygen atoms in total. The van der Waals surface area contributed by atoms with E-state index in [4.69, 9.17) is 4.74 Å².